The molecule has 2 aromatic heterocycles. The largest absolute Gasteiger partial charge is 0.375 e. The van der Waals surface area contributed by atoms with E-state index in [9.17, 15) is 4.79 Å². The Bertz CT molecular complexity index is 1080. The molecule has 0 amide bonds. The van der Waals surface area contributed by atoms with E-state index in [1.54, 1.807) is 11.3 Å². The number of nitrogens with zero attached hydrogens (tertiary/aromatic N) is 1. The minimum absolute atomic E-state index is 0.0182. The second-order valence-corrected chi connectivity index (χ2v) is 9.27. The second-order valence-electron chi connectivity index (χ2n) is 8.19. The minimum Gasteiger partial charge on any atom is -0.375 e. The molecule has 0 fully saturated rings. The first-order chi connectivity index (χ1) is 13.1. The summed E-state index contributed by atoms with van der Waals surface area (Å²) in [6, 6.07) is 6.58. The average molecular weight is 380 g/mol. The summed E-state index contributed by atoms with van der Waals surface area (Å²) in [5, 5.41) is 4.35. The van der Waals surface area contributed by atoms with Gasteiger partial charge in [-0.1, -0.05) is 13.0 Å². The number of nitrogens with one attached hydrogen (secondary N) is 2. The Balaban J connectivity index is 1.47. The van der Waals surface area contributed by atoms with Crippen LogP contribution in [0.5, 0.6) is 0 Å². The number of rotatable bonds is 3. The van der Waals surface area contributed by atoms with Crippen LogP contribution in [0.25, 0.3) is 10.2 Å². The van der Waals surface area contributed by atoms with Crippen LogP contribution in [-0.2, 0) is 25.7 Å². The molecule has 0 spiro atoms. The van der Waals surface area contributed by atoms with E-state index in [0.29, 0.717) is 5.92 Å². The first-order valence-electron chi connectivity index (χ1n) is 10.0. The quantitative estimate of drug-likeness (QED) is 0.689. The highest BCUT2D eigenvalue weighted by molar-refractivity contribution is 7.18. The van der Waals surface area contributed by atoms with Crippen LogP contribution in [0.4, 0.5) is 5.69 Å². The predicted molar refractivity (Wildman–Crippen MR) is 112 cm³/mol. The average Bonchev–Trinajstić information content (AvgIpc) is 3.24. The van der Waals surface area contributed by atoms with Crippen LogP contribution < -0.4 is 10.9 Å². The van der Waals surface area contributed by atoms with Crippen molar-refractivity contribution in [2.45, 2.75) is 58.4 Å². The van der Waals surface area contributed by atoms with E-state index >= 15 is 0 Å². The Hall–Kier alpha value is -2.14. The number of aromatic nitrogens is 2. The lowest BCUT2D eigenvalue weighted by molar-refractivity contribution is 0.509. The Morgan fingerprint density at radius 2 is 2.11 bits per heavy atom. The highest BCUT2D eigenvalue weighted by Gasteiger charge is 2.23. The zero-order valence-corrected chi connectivity index (χ0v) is 16.7. The SMILES string of the molecule is C[C@H]1CCc2c(sc3nc([C@@H](C)Nc4ccc5c(c4)CCC5)[nH]c(=O)c23)C1. The molecule has 2 aliphatic carbocycles. The van der Waals surface area contributed by atoms with E-state index in [-0.39, 0.29) is 11.6 Å². The van der Waals surface area contributed by atoms with Crippen molar-refractivity contribution in [1.82, 2.24) is 9.97 Å². The summed E-state index contributed by atoms with van der Waals surface area (Å²) in [6.45, 7) is 4.35. The van der Waals surface area contributed by atoms with Crippen LogP contribution in [0, 0.1) is 5.92 Å². The van der Waals surface area contributed by atoms with Gasteiger partial charge in [0, 0.05) is 10.6 Å². The molecule has 0 bridgehead atoms. The maximum absolute atomic E-state index is 12.8. The van der Waals surface area contributed by atoms with Gasteiger partial charge in [0.2, 0.25) is 0 Å². The smallest absolute Gasteiger partial charge is 0.259 e. The normalized spacial score (nSPS) is 19.7. The zero-order chi connectivity index (χ0) is 18.5. The highest BCUT2D eigenvalue weighted by atomic mass is 32.1. The fourth-order valence-corrected chi connectivity index (χ4v) is 5.94. The van der Waals surface area contributed by atoms with Crippen molar-refractivity contribution < 1.29 is 0 Å². The van der Waals surface area contributed by atoms with Crippen LogP contribution >= 0.6 is 11.3 Å². The molecule has 0 saturated heterocycles. The number of benzene rings is 1. The topological polar surface area (TPSA) is 57.8 Å². The maximum atomic E-state index is 12.8. The molecule has 2 heterocycles. The zero-order valence-electron chi connectivity index (χ0n) is 15.9. The van der Waals surface area contributed by atoms with Crippen molar-refractivity contribution in [1.29, 1.82) is 0 Å². The third-order valence-corrected chi connectivity index (χ3v) is 7.22. The van der Waals surface area contributed by atoms with Crippen LogP contribution in [0.2, 0.25) is 0 Å². The van der Waals surface area contributed by atoms with Crippen molar-refractivity contribution in [3.05, 3.63) is 55.9 Å². The van der Waals surface area contributed by atoms with Crippen molar-refractivity contribution in [2.75, 3.05) is 5.32 Å². The van der Waals surface area contributed by atoms with Gasteiger partial charge in [-0.2, -0.15) is 0 Å². The molecule has 2 aliphatic rings. The lowest BCUT2D eigenvalue weighted by Crippen LogP contribution is -2.18. The second kappa shape index (κ2) is 6.48. The minimum atomic E-state index is -0.0420. The number of aromatic amines is 1. The molecule has 27 heavy (non-hydrogen) atoms. The van der Waals surface area contributed by atoms with E-state index in [1.165, 1.54) is 40.8 Å². The molecule has 2 N–H and O–H groups in total. The lowest BCUT2D eigenvalue weighted by Gasteiger charge is -2.17. The van der Waals surface area contributed by atoms with E-state index < -0.39 is 0 Å². The monoisotopic (exact) mass is 379 g/mol. The van der Waals surface area contributed by atoms with Gasteiger partial charge in [0.05, 0.1) is 11.4 Å². The number of thiophene rings is 1. The molecule has 4 nitrogen and oxygen atoms in total. The number of hydrogen-bond donors (Lipinski definition) is 2. The number of hydrogen-bond acceptors (Lipinski definition) is 4. The molecule has 140 valence electrons. The molecule has 5 heteroatoms. The van der Waals surface area contributed by atoms with Crippen molar-refractivity contribution in [2.24, 2.45) is 5.92 Å². The number of anilines is 1. The van der Waals surface area contributed by atoms with Gasteiger partial charge >= 0.3 is 0 Å². The van der Waals surface area contributed by atoms with Crippen molar-refractivity contribution in [3.63, 3.8) is 0 Å². The first-order valence-corrected chi connectivity index (χ1v) is 10.8. The lowest BCUT2D eigenvalue weighted by atomic mass is 9.89. The summed E-state index contributed by atoms with van der Waals surface area (Å²) < 4.78 is 0. The van der Waals surface area contributed by atoms with E-state index in [2.05, 4.69) is 42.3 Å². The first kappa shape index (κ1) is 17.0. The van der Waals surface area contributed by atoms with Gasteiger partial charge in [-0.05, 0) is 80.2 Å². The van der Waals surface area contributed by atoms with E-state index in [4.69, 9.17) is 4.98 Å². The number of H-pyrrole nitrogens is 1. The standard InChI is InChI=1S/C22H25N3OS/c1-12-6-9-17-18(10-12)27-22-19(17)21(26)24-20(25-22)13(2)23-16-8-7-14-4-3-5-15(14)11-16/h7-8,11-13,23H,3-6,9-10H2,1-2H3,(H,24,25,26)/t12-,13+/m0/s1. The van der Waals surface area contributed by atoms with Crippen molar-refractivity contribution in [3.8, 4) is 0 Å². The van der Waals surface area contributed by atoms with Crippen LogP contribution in [0.3, 0.4) is 0 Å². The Morgan fingerprint density at radius 1 is 1.26 bits per heavy atom. The van der Waals surface area contributed by atoms with Crippen LogP contribution in [0.15, 0.2) is 23.0 Å². The maximum Gasteiger partial charge on any atom is 0.259 e. The summed E-state index contributed by atoms with van der Waals surface area (Å²) in [7, 11) is 0. The summed E-state index contributed by atoms with van der Waals surface area (Å²) in [5.41, 5.74) is 5.28. The van der Waals surface area contributed by atoms with Gasteiger partial charge in [-0.15, -0.1) is 11.3 Å². The fraction of sp³-hybridized carbons (Fsp3) is 0.455. The summed E-state index contributed by atoms with van der Waals surface area (Å²) in [6.07, 6.45) is 6.85. The van der Waals surface area contributed by atoms with Gasteiger partial charge in [0.15, 0.2) is 0 Å². The molecule has 2 atom stereocenters. The molecule has 1 aromatic carbocycles. The van der Waals surface area contributed by atoms with E-state index in [0.717, 1.165) is 41.0 Å². The molecule has 0 radical (unpaired) electrons. The Kier molecular flexibility index (Phi) is 4.08. The third-order valence-electron chi connectivity index (χ3n) is 6.08. The summed E-state index contributed by atoms with van der Waals surface area (Å²) in [4.78, 5) is 22.9. The van der Waals surface area contributed by atoms with Crippen LogP contribution in [0.1, 0.15) is 60.1 Å². The van der Waals surface area contributed by atoms with Crippen LogP contribution in [-0.4, -0.2) is 9.97 Å². The van der Waals surface area contributed by atoms with Gasteiger partial charge < -0.3 is 10.3 Å². The van der Waals surface area contributed by atoms with E-state index in [1.807, 2.05) is 0 Å². The fourth-order valence-electron chi connectivity index (χ4n) is 4.55. The number of fused-ring (bicyclic) bond motifs is 4. The predicted octanol–water partition coefficient (Wildman–Crippen LogP) is 4.77. The Morgan fingerprint density at radius 3 is 3.00 bits per heavy atom. The van der Waals surface area contributed by atoms with Gasteiger partial charge in [-0.25, -0.2) is 4.98 Å². The number of aryl methyl sites for hydroxylation is 3. The van der Waals surface area contributed by atoms with Gasteiger partial charge in [-0.3, -0.25) is 4.79 Å². The molecule has 0 unspecified atom stereocenters. The van der Waals surface area contributed by atoms with Gasteiger partial charge in [0.1, 0.15) is 10.7 Å². The summed E-state index contributed by atoms with van der Waals surface area (Å²) in [5.74, 6) is 1.42. The molecule has 5 rings (SSSR count). The van der Waals surface area contributed by atoms with Crippen molar-refractivity contribution >= 4 is 27.2 Å². The third kappa shape index (κ3) is 2.98. The van der Waals surface area contributed by atoms with Gasteiger partial charge in [0.25, 0.3) is 5.56 Å². The molecule has 0 saturated carbocycles. The summed E-state index contributed by atoms with van der Waals surface area (Å²) >= 11 is 1.71. The molecule has 0 aliphatic heterocycles. The molecule has 3 aromatic rings. The molecular weight excluding hydrogens is 354 g/mol. The Labute approximate surface area is 163 Å². The molecular formula is C22H25N3OS. The highest BCUT2D eigenvalue weighted by Crippen LogP contribution is 2.36.